The van der Waals surface area contributed by atoms with E-state index >= 15 is 0 Å². The lowest BCUT2D eigenvalue weighted by atomic mass is 10.2. The largest absolute Gasteiger partial charge is 0.476 e. The summed E-state index contributed by atoms with van der Waals surface area (Å²) >= 11 is 1.06. The number of hydrogen-bond donors (Lipinski definition) is 2. The number of nitrogens with one attached hydrogen (secondary N) is 1. The summed E-state index contributed by atoms with van der Waals surface area (Å²) in [5.74, 6) is -1.48. The number of Topliss-reactive ketones (excluding diaryl/α,β-unsaturated/α-hetero) is 1. The van der Waals surface area contributed by atoms with Crippen molar-refractivity contribution >= 4 is 28.2 Å². The standard InChI is InChI=1S/C11H16N2O4S/c1-4-7(5-17-3)12-11-13-8(10(15)16)9(18-11)6(2)14/h7H,4-5H2,1-3H3,(H,12,13)(H,15,16). The molecule has 7 heteroatoms. The molecule has 0 spiro atoms. The molecule has 2 N–H and O–H groups in total. The SMILES string of the molecule is CCC(COC)Nc1nc(C(=O)O)c(C(C)=O)s1. The summed E-state index contributed by atoms with van der Waals surface area (Å²) in [6, 6.07) is 0.0441. The number of carboxylic acids is 1. The minimum absolute atomic E-state index is 0.0441. The van der Waals surface area contributed by atoms with Crippen molar-refractivity contribution in [3.8, 4) is 0 Å². The van der Waals surface area contributed by atoms with Crippen molar-refractivity contribution in [3.63, 3.8) is 0 Å². The number of aromatic nitrogens is 1. The molecule has 0 aliphatic rings. The van der Waals surface area contributed by atoms with Crippen molar-refractivity contribution in [3.05, 3.63) is 10.6 Å². The van der Waals surface area contributed by atoms with Gasteiger partial charge >= 0.3 is 5.97 Å². The van der Waals surface area contributed by atoms with Crippen molar-refractivity contribution in [2.24, 2.45) is 0 Å². The average Bonchev–Trinajstić information content (AvgIpc) is 2.72. The molecule has 0 amide bonds. The summed E-state index contributed by atoms with van der Waals surface area (Å²) in [4.78, 5) is 26.4. The fourth-order valence-corrected chi connectivity index (χ4v) is 2.33. The van der Waals surface area contributed by atoms with Gasteiger partial charge in [-0.25, -0.2) is 9.78 Å². The first-order chi connectivity index (χ1) is 8.49. The molecular formula is C11H16N2O4S. The van der Waals surface area contributed by atoms with Gasteiger partial charge in [-0.1, -0.05) is 18.3 Å². The number of anilines is 1. The molecule has 1 unspecified atom stereocenters. The van der Waals surface area contributed by atoms with E-state index in [1.807, 2.05) is 6.92 Å². The summed E-state index contributed by atoms with van der Waals surface area (Å²) in [7, 11) is 1.59. The molecule has 100 valence electrons. The van der Waals surface area contributed by atoms with Crippen LogP contribution in [0.4, 0.5) is 5.13 Å². The number of ketones is 1. The van der Waals surface area contributed by atoms with Crippen molar-refractivity contribution in [1.82, 2.24) is 4.98 Å². The van der Waals surface area contributed by atoms with Crippen molar-refractivity contribution < 1.29 is 19.4 Å². The Hall–Kier alpha value is -1.47. The molecule has 0 saturated carbocycles. The van der Waals surface area contributed by atoms with E-state index in [0.29, 0.717) is 11.7 Å². The summed E-state index contributed by atoms with van der Waals surface area (Å²) in [6.07, 6.45) is 0.811. The monoisotopic (exact) mass is 272 g/mol. The van der Waals surface area contributed by atoms with Crippen LogP contribution in [-0.4, -0.2) is 41.6 Å². The molecule has 0 aliphatic heterocycles. The number of rotatable bonds is 7. The van der Waals surface area contributed by atoms with Crippen LogP contribution in [0.3, 0.4) is 0 Å². The second-order valence-corrected chi connectivity index (χ2v) is 4.76. The van der Waals surface area contributed by atoms with Gasteiger partial charge in [0.05, 0.1) is 12.6 Å². The molecular weight excluding hydrogens is 256 g/mol. The second-order valence-electron chi connectivity index (χ2n) is 3.76. The third-order valence-electron chi connectivity index (χ3n) is 2.34. The van der Waals surface area contributed by atoms with Gasteiger partial charge in [0.15, 0.2) is 16.6 Å². The van der Waals surface area contributed by atoms with E-state index in [9.17, 15) is 9.59 Å². The predicted molar refractivity (Wildman–Crippen MR) is 68.7 cm³/mol. The number of hydrogen-bond acceptors (Lipinski definition) is 6. The van der Waals surface area contributed by atoms with Crippen LogP contribution < -0.4 is 5.32 Å². The highest BCUT2D eigenvalue weighted by molar-refractivity contribution is 7.17. The predicted octanol–water partition coefficient (Wildman–Crippen LogP) is 1.88. The molecule has 0 saturated heterocycles. The van der Waals surface area contributed by atoms with E-state index in [4.69, 9.17) is 9.84 Å². The Kier molecular flexibility index (Phi) is 5.24. The topological polar surface area (TPSA) is 88.5 Å². The van der Waals surface area contributed by atoms with E-state index in [0.717, 1.165) is 17.8 Å². The van der Waals surface area contributed by atoms with Crippen LogP contribution in [0.5, 0.6) is 0 Å². The number of aromatic carboxylic acids is 1. The number of ether oxygens (including phenoxy) is 1. The third kappa shape index (κ3) is 3.51. The fraction of sp³-hybridized carbons (Fsp3) is 0.545. The van der Waals surface area contributed by atoms with Gasteiger partial charge in [-0.3, -0.25) is 4.79 Å². The summed E-state index contributed by atoms with van der Waals surface area (Å²) in [5.41, 5.74) is -0.192. The Balaban J connectivity index is 2.94. The maximum Gasteiger partial charge on any atom is 0.356 e. The Bertz CT molecular complexity index is 413. The zero-order valence-electron chi connectivity index (χ0n) is 10.5. The van der Waals surface area contributed by atoms with E-state index in [1.54, 1.807) is 7.11 Å². The van der Waals surface area contributed by atoms with Gasteiger partial charge < -0.3 is 15.2 Å². The van der Waals surface area contributed by atoms with Crippen LogP contribution in [0.15, 0.2) is 0 Å². The van der Waals surface area contributed by atoms with Gasteiger partial charge in [0.1, 0.15) is 4.88 Å². The molecule has 0 aromatic carbocycles. The Morgan fingerprint density at radius 3 is 2.61 bits per heavy atom. The van der Waals surface area contributed by atoms with Gasteiger partial charge in [-0.2, -0.15) is 0 Å². The van der Waals surface area contributed by atoms with Crippen molar-refractivity contribution in [2.45, 2.75) is 26.3 Å². The molecule has 18 heavy (non-hydrogen) atoms. The lowest BCUT2D eigenvalue weighted by Crippen LogP contribution is -2.23. The number of methoxy groups -OCH3 is 1. The Labute approximate surface area is 109 Å². The molecule has 0 bridgehead atoms. The maximum absolute atomic E-state index is 11.3. The fourth-order valence-electron chi connectivity index (χ4n) is 1.40. The average molecular weight is 272 g/mol. The lowest BCUT2D eigenvalue weighted by molar-refractivity contribution is 0.0687. The third-order valence-corrected chi connectivity index (χ3v) is 3.43. The highest BCUT2D eigenvalue weighted by Gasteiger charge is 2.21. The van der Waals surface area contributed by atoms with Gasteiger partial charge in [0, 0.05) is 14.0 Å². The zero-order valence-corrected chi connectivity index (χ0v) is 11.3. The van der Waals surface area contributed by atoms with Gasteiger partial charge in [0.25, 0.3) is 0 Å². The van der Waals surface area contributed by atoms with E-state index < -0.39 is 5.97 Å². The zero-order chi connectivity index (χ0) is 13.7. The molecule has 1 atom stereocenters. The summed E-state index contributed by atoms with van der Waals surface area (Å²) < 4.78 is 5.03. The minimum Gasteiger partial charge on any atom is -0.476 e. The second kappa shape index (κ2) is 6.46. The normalized spacial score (nSPS) is 12.2. The van der Waals surface area contributed by atoms with Gasteiger partial charge in [0.2, 0.25) is 0 Å². The van der Waals surface area contributed by atoms with Crippen molar-refractivity contribution in [2.75, 3.05) is 19.0 Å². The molecule has 0 radical (unpaired) electrons. The van der Waals surface area contributed by atoms with Gasteiger partial charge in [-0.05, 0) is 6.42 Å². The highest BCUT2D eigenvalue weighted by Crippen LogP contribution is 2.24. The van der Waals surface area contributed by atoms with Crippen LogP contribution in [0.2, 0.25) is 0 Å². The maximum atomic E-state index is 11.3. The first-order valence-electron chi connectivity index (χ1n) is 5.50. The first kappa shape index (κ1) is 14.6. The van der Waals surface area contributed by atoms with Gasteiger partial charge in [-0.15, -0.1) is 0 Å². The number of nitrogens with zero attached hydrogens (tertiary/aromatic N) is 1. The summed E-state index contributed by atoms with van der Waals surface area (Å²) in [6.45, 7) is 3.80. The molecule has 1 aromatic rings. The quantitative estimate of drug-likeness (QED) is 0.737. The minimum atomic E-state index is -1.19. The van der Waals surface area contributed by atoms with Crippen molar-refractivity contribution in [1.29, 1.82) is 0 Å². The summed E-state index contributed by atoms with van der Waals surface area (Å²) in [5, 5.41) is 12.5. The van der Waals surface area contributed by atoms with E-state index in [2.05, 4.69) is 10.3 Å². The number of thiazole rings is 1. The van der Waals surface area contributed by atoms with Crippen LogP contribution in [0, 0.1) is 0 Å². The van der Waals surface area contributed by atoms with Crippen LogP contribution in [-0.2, 0) is 4.74 Å². The number of carbonyl (C=O) groups excluding carboxylic acids is 1. The van der Waals surface area contributed by atoms with Crippen LogP contribution >= 0.6 is 11.3 Å². The Morgan fingerprint density at radius 1 is 1.56 bits per heavy atom. The lowest BCUT2D eigenvalue weighted by Gasteiger charge is -2.14. The smallest absolute Gasteiger partial charge is 0.356 e. The molecule has 0 fully saturated rings. The highest BCUT2D eigenvalue weighted by atomic mass is 32.1. The molecule has 6 nitrogen and oxygen atoms in total. The van der Waals surface area contributed by atoms with E-state index in [1.165, 1.54) is 6.92 Å². The molecule has 1 aromatic heterocycles. The Morgan fingerprint density at radius 2 is 2.22 bits per heavy atom. The number of carbonyl (C=O) groups is 2. The molecule has 1 rings (SSSR count). The molecule has 1 heterocycles. The number of carboxylic acid groups (broad SMARTS) is 1. The van der Waals surface area contributed by atoms with Crippen LogP contribution in [0.1, 0.15) is 40.4 Å². The van der Waals surface area contributed by atoms with Crippen LogP contribution in [0.25, 0.3) is 0 Å². The van der Waals surface area contributed by atoms with E-state index in [-0.39, 0.29) is 22.4 Å². The molecule has 0 aliphatic carbocycles. The first-order valence-corrected chi connectivity index (χ1v) is 6.31.